The van der Waals surface area contributed by atoms with Crippen LogP contribution in [0.1, 0.15) is 52.5 Å². The highest BCUT2D eigenvalue weighted by atomic mass is 32.1. The summed E-state index contributed by atoms with van der Waals surface area (Å²) < 4.78 is 1.62. The fraction of sp³-hybridized carbons (Fsp3) is 0.480. The van der Waals surface area contributed by atoms with Crippen LogP contribution < -0.4 is 0 Å². The molecule has 1 aliphatic heterocycles. The maximum absolute atomic E-state index is 13.4. The first-order valence-electron chi connectivity index (χ1n) is 11.9. The average Bonchev–Trinajstić information content (AvgIpc) is 3.40. The molecule has 180 valence electrons. The molecule has 8 nitrogen and oxygen atoms in total. The molecule has 0 radical (unpaired) electrons. The van der Waals surface area contributed by atoms with Crippen molar-refractivity contribution < 1.29 is 9.59 Å². The molecule has 4 heterocycles. The Morgan fingerprint density at radius 2 is 1.97 bits per heavy atom. The van der Waals surface area contributed by atoms with E-state index in [0.717, 1.165) is 24.1 Å². The van der Waals surface area contributed by atoms with Crippen LogP contribution in [0.4, 0.5) is 0 Å². The molecule has 1 aliphatic rings. The maximum Gasteiger partial charge on any atom is 0.257 e. The van der Waals surface area contributed by atoms with Gasteiger partial charge in [-0.3, -0.25) is 9.59 Å². The van der Waals surface area contributed by atoms with Crippen LogP contribution in [0.2, 0.25) is 0 Å². The highest BCUT2D eigenvalue weighted by molar-refractivity contribution is 7.12. The van der Waals surface area contributed by atoms with Gasteiger partial charge < -0.3 is 9.80 Å². The van der Waals surface area contributed by atoms with Crippen molar-refractivity contribution in [3.63, 3.8) is 0 Å². The van der Waals surface area contributed by atoms with Gasteiger partial charge in [-0.05, 0) is 59.6 Å². The molecule has 0 aromatic carbocycles. The van der Waals surface area contributed by atoms with Crippen molar-refractivity contribution in [1.82, 2.24) is 29.5 Å². The molecule has 1 saturated heterocycles. The number of aromatic nitrogens is 4. The predicted octanol–water partition coefficient (Wildman–Crippen LogP) is 4.04. The van der Waals surface area contributed by atoms with Crippen molar-refractivity contribution in [3.05, 3.63) is 45.5 Å². The summed E-state index contributed by atoms with van der Waals surface area (Å²) in [5, 5.41) is 4.44. The fourth-order valence-corrected chi connectivity index (χ4v) is 5.57. The summed E-state index contributed by atoms with van der Waals surface area (Å²) in [7, 11) is 0. The molecule has 4 rings (SSSR count). The van der Waals surface area contributed by atoms with Crippen molar-refractivity contribution in [1.29, 1.82) is 0 Å². The lowest BCUT2D eigenvalue weighted by atomic mass is 9.96. The van der Waals surface area contributed by atoms with E-state index in [4.69, 9.17) is 4.98 Å². The SMILES string of the molecule is CCN(CC)C(=O)[C@@H]1CCCN(C(=O)c2cnn(-c3nccc(-c4cc(C)sc4C)n3)c2C)C1. The van der Waals surface area contributed by atoms with E-state index in [0.29, 0.717) is 43.4 Å². The first-order chi connectivity index (χ1) is 16.3. The van der Waals surface area contributed by atoms with Crippen LogP contribution in [0.5, 0.6) is 0 Å². The molecule has 0 N–H and O–H groups in total. The molecule has 0 unspecified atom stereocenters. The van der Waals surface area contributed by atoms with E-state index in [1.807, 2.05) is 31.7 Å². The van der Waals surface area contributed by atoms with Crippen molar-refractivity contribution in [2.75, 3.05) is 26.2 Å². The zero-order valence-corrected chi connectivity index (χ0v) is 21.4. The summed E-state index contributed by atoms with van der Waals surface area (Å²) in [6, 6.07) is 4.02. The molecule has 34 heavy (non-hydrogen) atoms. The lowest BCUT2D eigenvalue weighted by Gasteiger charge is -2.34. The molecule has 3 aromatic heterocycles. The Morgan fingerprint density at radius 1 is 1.21 bits per heavy atom. The van der Waals surface area contributed by atoms with Gasteiger partial charge >= 0.3 is 0 Å². The Balaban J connectivity index is 1.56. The fourth-order valence-electron chi connectivity index (χ4n) is 4.63. The minimum atomic E-state index is -0.148. The van der Waals surface area contributed by atoms with E-state index >= 15 is 0 Å². The third kappa shape index (κ3) is 4.61. The summed E-state index contributed by atoms with van der Waals surface area (Å²) in [6.45, 7) is 12.5. The number of hydrogen-bond donors (Lipinski definition) is 0. The van der Waals surface area contributed by atoms with Crippen LogP contribution in [-0.2, 0) is 4.79 Å². The van der Waals surface area contributed by atoms with Gasteiger partial charge in [0.05, 0.1) is 29.1 Å². The molecular weight excluding hydrogens is 448 g/mol. The number of rotatable bonds is 6. The summed E-state index contributed by atoms with van der Waals surface area (Å²) >= 11 is 1.74. The third-order valence-corrected chi connectivity index (χ3v) is 7.49. The molecule has 0 saturated carbocycles. The quantitative estimate of drug-likeness (QED) is 0.532. The van der Waals surface area contributed by atoms with Crippen molar-refractivity contribution in [3.8, 4) is 17.2 Å². The van der Waals surface area contributed by atoms with Crippen molar-refractivity contribution in [2.45, 2.75) is 47.5 Å². The minimum absolute atomic E-state index is 0.0961. The van der Waals surface area contributed by atoms with Crippen molar-refractivity contribution in [2.24, 2.45) is 5.92 Å². The van der Waals surface area contributed by atoms with Crippen LogP contribution in [0.25, 0.3) is 17.2 Å². The molecule has 0 bridgehead atoms. The Bertz CT molecular complexity index is 1200. The zero-order valence-electron chi connectivity index (χ0n) is 20.5. The van der Waals surface area contributed by atoms with Crippen LogP contribution in [-0.4, -0.2) is 67.5 Å². The Hall–Kier alpha value is -3.07. The lowest BCUT2D eigenvalue weighted by molar-refractivity contribution is -0.136. The van der Waals surface area contributed by atoms with Gasteiger partial charge in [0.1, 0.15) is 0 Å². The van der Waals surface area contributed by atoms with Gasteiger partial charge in [0.2, 0.25) is 5.91 Å². The molecule has 1 fully saturated rings. The topological polar surface area (TPSA) is 84.2 Å². The molecule has 0 spiro atoms. The first-order valence-corrected chi connectivity index (χ1v) is 12.7. The number of thiophene rings is 1. The molecule has 2 amide bonds. The van der Waals surface area contributed by atoms with Crippen LogP contribution in [0, 0.1) is 26.7 Å². The minimum Gasteiger partial charge on any atom is -0.343 e. The number of aryl methyl sites for hydroxylation is 2. The summed E-state index contributed by atoms with van der Waals surface area (Å²) in [4.78, 5) is 41.4. The second-order valence-corrected chi connectivity index (χ2v) is 10.2. The van der Waals surface area contributed by atoms with E-state index in [2.05, 4.69) is 30.0 Å². The Kier molecular flexibility index (Phi) is 7.11. The van der Waals surface area contributed by atoms with Gasteiger partial charge in [-0.25, -0.2) is 14.6 Å². The van der Waals surface area contributed by atoms with Crippen LogP contribution >= 0.6 is 11.3 Å². The highest BCUT2D eigenvalue weighted by Gasteiger charge is 2.32. The smallest absolute Gasteiger partial charge is 0.257 e. The number of hydrogen-bond acceptors (Lipinski definition) is 6. The summed E-state index contributed by atoms with van der Waals surface area (Å²) in [5.74, 6) is 0.330. The van der Waals surface area contributed by atoms with E-state index in [-0.39, 0.29) is 17.7 Å². The predicted molar refractivity (Wildman–Crippen MR) is 133 cm³/mol. The zero-order chi connectivity index (χ0) is 24.4. The largest absolute Gasteiger partial charge is 0.343 e. The lowest BCUT2D eigenvalue weighted by Crippen LogP contribution is -2.46. The first kappa shape index (κ1) is 24.1. The maximum atomic E-state index is 13.4. The standard InChI is InChI=1S/C25H32N6O2S/c1-6-29(7-2)23(32)19-9-8-12-30(15-19)24(33)21-14-27-31(17(21)4)25-26-11-10-22(28-25)20-13-16(3)34-18(20)5/h10-11,13-14,19H,6-9,12,15H2,1-5H3/t19-/m1/s1. The molecular formula is C25H32N6O2S. The molecule has 9 heteroatoms. The van der Waals surface area contributed by atoms with E-state index in [1.165, 1.54) is 9.75 Å². The number of carbonyl (C=O) groups excluding carboxylic acids is 2. The number of carbonyl (C=O) groups is 2. The van der Waals surface area contributed by atoms with Crippen LogP contribution in [0.3, 0.4) is 0 Å². The normalized spacial score (nSPS) is 16.0. The number of piperidine rings is 1. The van der Waals surface area contributed by atoms with Gasteiger partial charge in [-0.2, -0.15) is 5.10 Å². The summed E-state index contributed by atoms with van der Waals surface area (Å²) in [5.41, 5.74) is 3.14. The van der Waals surface area contributed by atoms with Gasteiger partial charge in [0.25, 0.3) is 11.9 Å². The van der Waals surface area contributed by atoms with Gasteiger partial charge in [0, 0.05) is 47.7 Å². The summed E-state index contributed by atoms with van der Waals surface area (Å²) in [6.07, 6.45) is 4.95. The monoisotopic (exact) mass is 480 g/mol. The second kappa shape index (κ2) is 10.0. The number of likely N-dealkylation sites (tertiary alicyclic amines) is 1. The highest BCUT2D eigenvalue weighted by Crippen LogP contribution is 2.29. The number of amides is 2. The molecule has 3 aromatic rings. The van der Waals surface area contributed by atoms with Gasteiger partial charge in [-0.1, -0.05) is 0 Å². The van der Waals surface area contributed by atoms with Gasteiger partial charge in [-0.15, -0.1) is 11.3 Å². The Morgan fingerprint density at radius 3 is 2.65 bits per heavy atom. The molecule has 1 atom stereocenters. The number of nitrogens with zero attached hydrogens (tertiary/aromatic N) is 6. The second-order valence-electron chi connectivity index (χ2n) is 8.73. The van der Waals surface area contributed by atoms with E-state index in [1.54, 1.807) is 33.3 Å². The van der Waals surface area contributed by atoms with E-state index in [9.17, 15) is 9.59 Å². The Labute approximate surface area is 204 Å². The van der Waals surface area contributed by atoms with Crippen molar-refractivity contribution >= 4 is 23.2 Å². The third-order valence-electron chi connectivity index (χ3n) is 6.52. The average molecular weight is 481 g/mol. The van der Waals surface area contributed by atoms with Gasteiger partial charge in [0.15, 0.2) is 0 Å². The molecule has 0 aliphatic carbocycles. The van der Waals surface area contributed by atoms with E-state index < -0.39 is 0 Å². The van der Waals surface area contributed by atoms with Crippen LogP contribution in [0.15, 0.2) is 24.5 Å².